The van der Waals surface area contributed by atoms with Gasteiger partial charge in [-0.1, -0.05) is 0 Å². The average Bonchev–Trinajstić information content (AvgIpc) is 2.72. The van der Waals surface area contributed by atoms with Crippen molar-refractivity contribution in [1.29, 1.82) is 0 Å². The van der Waals surface area contributed by atoms with Crippen LogP contribution in [0.25, 0.3) is 0 Å². The molecule has 1 unspecified atom stereocenters. The van der Waals surface area contributed by atoms with E-state index in [2.05, 4.69) is 5.32 Å². The van der Waals surface area contributed by atoms with Gasteiger partial charge in [-0.3, -0.25) is 0 Å². The van der Waals surface area contributed by atoms with Crippen LogP contribution in [0.4, 0.5) is 0 Å². The summed E-state index contributed by atoms with van der Waals surface area (Å²) in [6.07, 6.45) is 4.87. The first-order valence-corrected chi connectivity index (χ1v) is 5.13. The summed E-state index contributed by atoms with van der Waals surface area (Å²) in [4.78, 5) is 0. The molecular weight excluding hydrogens is 178 g/mol. The third-order valence-electron chi connectivity index (χ3n) is 2.94. The Bertz CT molecular complexity index is 263. The zero-order valence-corrected chi connectivity index (χ0v) is 8.58. The third-order valence-corrected chi connectivity index (χ3v) is 2.94. The highest BCUT2D eigenvalue weighted by atomic mass is 16.5. The minimum absolute atomic E-state index is 0.0594. The Morgan fingerprint density at radius 3 is 3.14 bits per heavy atom. The van der Waals surface area contributed by atoms with Gasteiger partial charge in [-0.05, 0) is 31.5 Å². The average molecular weight is 195 g/mol. The molecule has 0 radical (unpaired) electrons. The van der Waals surface area contributed by atoms with Crippen molar-refractivity contribution in [3.63, 3.8) is 0 Å². The highest BCUT2D eigenvalue weighted by Gasteiger charge is 2.32. The SMILES string of the molecule is COC1(Cc2ccco2)CCCNC1. The van der Waals surface area contributed by atoms with E-state index in [1.807, 2.05) is 12.1 Å². The predicted molar refractivity (Wildman–Crippen MR) is 54.3 cm³/mol. The van der Waals surface area contributed by atoms with Gasteiger partial charge in [0.15, 0.2) is 0 Å². The van der Waals surface area contributed by atoms with Crippen molar-refractivity contribution in [2.45, 2.75) is 24.9 Å². The normalized spacial score (nSPS) is 27.8. The fraction of sp³-hybridized carbons (Fsp3) is 0.636. The summed E-state index contributed by atoms with van der Waals surface area (Å²) in [6, 6.07) is 3.93. The van der Waals surface area contributed by atoms with Gasteiger partial charge in [0.1, 0.15) is 5.76 Å². The molecule has 2 rings (SSSR count). The van der Waals surface area contributed by atoms with Gasteiger partial charge >= 0.3 is 0 Å². The zero-order chi connectivity index (χ0) is 9.86. The quantitative estimate of drug-likeness (QED) is 0.795. The summed E-state index contributed by atoms with van der Waals surface area (Å²) in [5, 5.41) is 3.37. The van der Waals surface area contributed by atoms with Gasteiger partial charge < -0.3 is 14.5 Å². The molecule has 1 fully saturated rings. The van der Waals surface area contributed by atoms with Crippen LogP contribution in [-0.2, 0) is 11.2 Å². The summed E-state index contributed by atoms with van der Waals surface area (Å²) in [6.45, 7) is 2.02. The van der Waals surface area contributed by atoms with Crippen LogP contribution in [0.3, 0.4) is 0 Å². The predicted octanol–water partition coefficient (Wildman–Crippen LogP) is 1.59. The van der Waals surface area contributed by atoms with Crippen LogP contribution >= 0.6 is 0 Å². The lowest BCUT2D eigenvalue weighted by Gasteiger charge is -2.35. The van der Waals surface area contributed by atoms with Crippen LogP contribution < -0.4 is 5.32 Å². The van der Waals surface area contributed by atoms with E-state index in [9.17, 15) is 0 Å². The summed E-state index contributed by atoms with van der Waals surface area (Å²) in [7, 11) is 1.79. The number of ether oxygens (including phenoxy) is 1. The van der Waals surface area contributed by atoms with Crippen molar-refractivity contribution < 1.29 is 9.15 Å². The Morgan fingerprint density at radius 2 is 2.57 bits per heavy atom. The van der Waals surface area contributed by atoms with E-state index < -0.39 is 0 Å². The molecule has 0 saturated carbocycles. The molecule has 1 aliphatic heterocycles. The molecule has 0 bridgehead atoms. The molecule has 1 atom stereocenters. The molecule has 1 saturated heterocycles. The maximum absolute atomic E-state index is 5.63. The molecule has 0 amide bonds. The van der Waals surface area contributed by atoms with E-state index in [-0.39, 0.29) is 5.60 Å². The van der Waals surface area contributed by atoms with E-state index in [1.165, 1.54) is 6.42 Å². The molecule has 14 heavy (non-hydrogen) atoms. The number of hydrogen-bond acceptors (Lipinski definition) is 3. The topological polar surface area (TPSA) is 34.4 Å². The van der Waals surface area contributed by atoms with Crippen LogP contribution in [0.1, 0.15) is 18.6 Å². The van der Waals surface area contributed by atoms with E-state index in [0.29, 0.717) is 0 Å². The molecule has 3 heteroatoms. The lowest BCUT2D eigenvalue weighted by Crippen LogP contribution is -2.48. The molecule has 1 N–H and O–H groups in total. The van der Waals surface area contributed by atoms with Gasteiger partial charge in [0.25, 0.3) is 0 Å². The van der Waals surface area contributed by atoms with Crippen LogP contribution in [0.5, 0.6) is 0 Å². The first kappa shape index (κ1) is 9.74. The monoisotopic (exact) mass is 195 g/mol. The maximum atomic E-state index is 5.63. The number of rotatable bonds is 3. The van der Waals surface area contributed by atoms with Crippen LogP contribution in [0, 0.1) is 0 Å². The lowest BCUT2D eigenvalue weighted by atomic mass is 9.89. The van der Waals surface area contributed by atoms with Gasteiger partial charge in [-0.2, -0.15) is 0 Å². The van der Waals surface area contributed by atoms with E-state index >= 15 is 0 Å². The van der Waals surface area contributed by atoms with Crippen LogP contribution in [0.15, 0.2) is 22.8 Å². The summed E-state index contributed by atoms with van der Waals surface area (Å²) in [5.74, 6) is 1.01. The largest absolute Gasteiger partial charge is 0.469 e. The fourth-order valence-corrected chi connectivity index (χ4v) is 2.07. The smallest absolute Gasteiger partial charge is 0.106 e. The van der Waals surface area contributed by atoms with E-state index in [0.717, 1.165) is 31.7 Å². The van der Waals surface area contributed by atoms with Gasteiger partial charge in [0, 0.05) is 20.1 Å². The summed E-state index contributed by atoms with van der Waals surface area (Å²) >= 11 is 0. The van der Waals surface area contributed by atoms with Gasteiger partial charge in [0.05, 0.1) is 11.9 Å². The minimum Gasteiger partial charge on any atom is -0.469 e. The molecule has 0 spiro atoms. The fourth-order valence-electron chi connectivity index (χ4n) is 2.07. The summed E-state index contributed by atoms with van der Waals surface area (Å²) < 4.78 is 11.0. The second kappa shape index (κ2) is 4.15. The minimum atomic E-state index is -0.0594. The molecule has 1 aromatic heterocycles. The van der Waals surface area contributed by atoms with Gasteiger partial charge in [0.2, 0.25) is 0 Å². The molecule has 3 nitrogen and oxygen atoms in total. The molecule has 0 aromatic carbocycles. The number of piperidine rings is 1. The molecule has 0 aliphatic carbocycles. The number of methoxy groups -OCH3 is 1. The van der Waals surface area contributed by atoms with Crippen molar-refractivity contribution in [2.75, 3.05) is 20.2 Å². The van der Waals surface area contributed by atoms with Crippen molar-refractivity contribution in [3.05, 3.63) is 24.2 Å². The van der Waals surface area contributed by atoms with E-state index in [1.54, 1.807) is 13.4 Å². The van der Waals surface area contributed by atoms with Crippen molar-refractivity contribution in [1.82, 2.24) is 5.32 Å². The Balaban J connectivity index is 2.04. The van der Waals surface area contributed by atoms with Crippen LogP contribution in [0.2, 0.25) is 0 Å². The zero-order valence-electron chi connectivity index (χ0n) is 8.58. The first-order valence-electron chi connectivity index (χ1n) is 5.13. The van der Waals surface area contributed by atoms with E-state index in [4.69, 9.17) is 9.15 Å². The van der Waals surface area contributed by atoms with Gasteiger partial charge in [-0.15, -0.1) is 0 Å². The Morgan fingerprint density at radius 1 is 1.64 bits per heavy atom. The second-order valence-corrected chi connectivity index (χ2v) is 3.92. The molecular formula is C11H17NO2. The molecule has 2 heterocycles. The first-order chi connectivity index (χ1) is 6.85. The van der Waals surface area contributed by atoms with Gasteiger partial charge in [-0.25, -0.2) is 0 Å². The summed E-state index contributed by atoms with van der Waals surface area (Å²) in [5.41, 5.74) is -0.0594. The standard InChI is InChI=1S/C11H17NO2/c1-13-11(5-3-6-12-9-11)8-10-4-2-7-14-10/h2,4,7,12H,3,5-6,8-9H2,1H3. The molecule has 1 aromatic rings. The number of hydrogen-bond donors (Lipinski definition) is 1. The molecule has 78 valence electrons. The Hall–Kier alpha value is -0.800. The lowest BCUT2D eigenvalue weighted by molar-refractivity contribution is -0.0311. The number of furan rings is 1. The number of nitrogens with one attached hydrogen (secondary N) is 1. The van der Waals surface area contributed by atoms with Crippen molar-refractivity contribution >= 4 is 0 Å². The third kappa shape index (κ3) is 1.99. The highest BCUT2D eigenvalue weighted by molar-refractivity contribution is 5.05. The molecule has 1 aliphatic rings. The second-order valence-electron chi connectivity index (χ2n) is 3.92. The van der Waals surface area contributed by atoms with Crippen molar-refractivity contribution in [2.24, 2.45) is 0 Å². The van der Waals surface area contributed by atoms with Crippen molar-refractivity contribution in [3.8, 4) is 0 Å². The maximum Gasteiger partial charge on any atom is 0.106 e. The Kier molecular flexibility index (Phi) is 2.89. The highest BCUT2D eigenvalue weighted by Crippen LogP contribution is 2.25. The Labute approximate surface area is 84.4 Å². The van der Waals surface area contributed by atoms with Crippen LogP contribution in [-0.4, -0.2) is 25.8 Å².